The van der Waals surface area contributed by atoms with Crippen LogP contribution in [0, 0.1) is 20.8 Å². The van der Waals surface area contributed by atoms with Gasteiger partial charge >= 0.3 is 0 Å². The van der Waals surface area contributed by atoms with Gasteiger partial charge in [0, 0.05) is 17.4 Å². The summed E-state index contributed by atoms with van der Waals surface area (Å²) in [6.45, 7) is 7.98. The second-order valence-electron chi connectivity index (χ2n) is 7.60. The summed E-state index contributed by atoms with van der Waals surface area (Å²) < 4.78 is 0. The Morgan fingerprint density at radius 3 is 2.33 bits per heavy atom. The van der Waals surface area contributed by atoms with Crippen LogP contribution in [0.5, 0.6) is 0 Å². The van der Waals surface area contributed by atoms with E-state index < -0.39 is 0 Å². The predicted molar refractivity (Wildman–Crippen MR) is 121 cm³/mol. The first kappa shape index (κ1) is 19.8. The number of fused-ring (bicyclic) bond motifs is 1. The minimum atomic E-state index is -0.157. The molecule has 4 aromatic rings. The van der Waals surface area contributed by atoms with Gasteiger partial charge in [0.2, 0.25) is 11.9 Å². The van der Waals surface area contributed by atoms with E-state index in [1.165, 1.54) is 11.1 Å². The molecule has 2 N–H and O–H groups in total. The Labute approximate surface area is 175 Å². The Kier molecular flexibility index (Phi) is 5.31. The summed E-state index contributed by atoms with van der Waals surface area (Å²) in [5.41, 5.74) is 6.45. The predicted octanol–water partition coefficient (Wildman–Crippen LogP) is 4.54. The zero-order chi connectivity index (χ0) is 21.3. The van der Waals surface area contributed by atoms with Crippen LogP contribution in [0.25, 0.3) is 10.9 Å². The van der Waals surface area contributed by atoms with Crippen molar-refractivity contribution in [1.29, 1.82) is 0 Å². The molecule has 0 unspecified atom stereocenters. The maximum Gasteiger partial charge on any atom is 0.256 e. The van der Waals surface area contributed by atoms with Gasteiger partial charge in [0.1, 0.15) is 0 Å². The molecule has 0 fully saturated rings. The fourth-order valence-corrected chi connectivity index (χ4v) is 3.50. The molecule has 0 saturated carbocycles. The van der Waals surface area contributed by atoms with Crippen molar-refractivity contribution < 1.29 is 0 Å². The molecule has 6 heteroatoms. The van der Waals surface area contributed by atoms with Crippen LogP contribution in [0.3, 0.4) is 0 Å². The quantitative estimate of drug-likeness (QED) is 0.515. The number of aromatic amines is 1. The summed E-state index contributed by atoms with van der Waals surface area (Å²) in [5.74, 6) is 0.757. The molecule has 2 heterocycles. The van der Waals surface area contributed by atoms with Gasteiger partial charge in [0.15, 0.2) is 0 Å². The summed E-state index contributed by atoms with van der Waals surface area (Å²) >= 11 is 0. The largest absolute Gasteiger partial charge is 0.294 e. The molecule has 0 atom stereocenters. The Morgan fingerprint density at radius 1 is 0.900 bits per heavy atom. The third-order valence-corrected chi connectivity index (χ3v) is 5.31. The lowest BCUT2D eigenvalue weighted by molar-refractivity contribution is 0.978. The van der Waals surface area contributed by atoms with E-state index in [0.717, 1.165) is 28.6 Å². The molecule has 0 aliphatic carbocycles. The van der Waals surface area contributed by atoms with Gasteiger partial charge in [-0.2, -0.15) is 0 Å². The zero-order valence-corrected chi connectivity index (χ0v) is 17.7. The smallest absolute Gasteiger partial charge is 0.256 e. The normalized spacial score (nSPS) is 11.1. The van der Waals surface area contributed by atoms with Crippen molar-refractivity contribution in [3.8, 4) is 0 Å². The van der Waals surface area contributed by atoms with Crippen LogP contribution in [0.1, 0.15) is 40.6 Å². The average molecular weight is 399 g/mol. The van der Waals surface area contributed by atoms with Gasteiger partial charge in [-0.05, 0) is 50.5 Å². The fourth-order valence-electron chi connectivity index (χ4n) is 3.50. The number of rotatable bonds is 5. The van der Waals surface area contributed by atoms with Crippen LogP contribution < -0.4 is 10.9 Å². The van der Waals surface area contributed by atoms with Crippen molar-refractivity contribution in [3.63, 3.8) is 0 Å². The molecule has 2 aromatic carbocycles. The molecule has 2 aromatic heterocycles. The summed E-state index contributed by atoms with van der Waals surface area (Å²) in [7, 11) is 0. The van der Waals surface area contributed by atoms with Gasteiger partial charge in [0.05, 0.1) is 16.9 Å². The lowest BCUT2D eigenvalue weighted by atomic mass is 10.0. The van der Waals surface area contributed by atoms with Gasteiger partial charge in [0.25, 0.3) is 5.56 Å². The molecule has 0 bridgehead atoms. The number of anilines is 2. The van der Waals surface area contributed by atoms with E-state index in [1.807, 2.05) is 51.1 Å². The minimum Gasteiger partial charge on any atom is -0.294 e. The monoisotopic (exact) mass is 399 g/mol. The molecule has 4 rings (SSSR count). The van der Waals surface area contributed by atoms with Gasteiger partial charge < -0.3 is 0 Å². The van der Waals surface area contributed by atoms with Crippen LogP contribution in [-0.2, 0) is 12.8 Å². The SMILES string of the molecule is CCc1ccc2nc(Nc3nc(C)c(Cc4ccc(C)cc4)c(=O)[nH]3)nc(C)c2c1. The Balaban J connectivity index is 1.62. The van der Waals surface area contributed by atoms with Crippen LogP contribution in [0.4, 0.5) is 11.9 Å². The van der Waals surface area contributed by atoms with Gasteiger partial charge in [-0.1, -0.05) is 42.8 Å². The number of benzene rings is 2. The molecule has 0 aliphatic rings. The third-order valence-electron chi connectivity index (χ3n) is 5.31. The third kappa shape index (κ3) is 4.08. The highest BCUT2D eigenvalue weighted by atomic mass is 16.1. The molecule has 152 valence electrons. The van der Waals surface area contributed by atoms with Crippen LogP contribution in [0.15, 0.2) is 47.3 Å². The van der Waals surface area contributed by atoms with Crippen LogP contribution in [0.2, 0.25) is 0 Å². The standard InChI is InChI=1S/C24H25N5O/c1-5-17-10-11-21-19(12-17)15(3)25-23(27-21)29-24-26-16(4)20(22(30)28-24)13-18-8-6-14(2)7-9-18/h6-12H,5,13H2,1-4H3,(H2,25,26,27,28,29,30). The number of hydrogen-bond donors (Lipinski definition) is 2. The summed E-state index contributed by atoms with van der Waals surface area (Å²) in [5, 5.41) is 4.09. The number of hydrogen-bond acceptors (Lipinski definition) is 5. The molecule has 0 amide bonds. The van der Waals surface area contributed by atoms with Crippen molar-refractivity contribution >= 4 is 22.8 Å². The van der Waals surface area contributed by atoms with E-state index in [2.05, 4.69) is 44.3 Å². The average Bonchev–Trinajstić information content (AvgIpc) is 2.72. The lowest BCUT2D eigenvalue weighted by Gasteiger charge is -2.10. The molecule has 6 nitrogen and oxygen atoms in total. The van der Waals surface area contributed by atoms with E-state index in [9.17, 15) is 4.79 Å². The van der Waals surface area contributed by atoms with Crippen molar-refractivity contribution in [2.75, 3.05) is 5.32 Å². The molecule has 0 radical (unpaired) electrons. The maximum atomic E-state index is 12.7. The number of nitrogens with zero attached hydrogens (tertiary/aromatic N) is 3. The maximum absolute atomic E-state index is 12.7. The van der Waals surface area contributed by atoms with E-state index in [0.29, 0.717) is 29.6 Å². The summed E-state index contributed by atoms with van der Waals surface area (Å²) in [4.78, 5) is 29.2. The van der Waals surface area contributed by atoms with E-state index >= 15 is 0 Å². The topological polar surface area (TPSA) is 83.6 Å². The van der Waals surface area contributed by atoms with Crippen molar-refractivity contribution in [1.82, 2.24) is 19.9 Å². The molecule has 0 aliphatic heterocycles. The Bertz CT molecular complexity index is 1280. The van der Waals surface area contributed by atoms with Crippen molar-refractivity contribution in [3.05, 3.63) is 86.5 Å². The van der Waals surface area contributed by atoms with E-state index in [4.69, 9.17) is 0 Å². The van der Waals surface area contributed by atoms with Crippen molar-refractivity contribution in [2.45, 2.75) is 40.5 Å². The van der Waals surface area contributed by atoms with Gasteiger partial charge in [-0.15, -0.1) is 0 Å². The second kappa shape index (κ2) is 8.06. The molecular weight excluding hydrogens is 374 g/mol. The minimum absolute atomic E-state index is 0.157. The van der Waals surface area contributed by atoms with Crippen LogP contribution >= 0.6 is 0 Å². The lowest BCUT2D eigenvalue weighted by Crippen LogP contribution is -2.19. The zero-order valence-electron chi connectivity index (χ0n) is 17.7. The highest BCUT2D eigenvalue weighted by molar-refractivity contribution is 5.82. The first-order chi connectivity index (χ1) is 14.4. The van der Waals surface area contributed by atoms with E-state index in [-0.39, 0.29) is 5.56 Å². The summed E-state index contributed by atoms with van der Waals surface area (Å²) in [6, 6.07) is 14.4. The summed E-state index contributed by atoms with van der Waals surface area (Å²) in [6.07, 6.45) is 1.51. The van der Waals surface area contributed by atoms with E-state index in [1.54, 1.807) is 0 Å². The van der Waals surface area contributed by atoms with Gasteiger partial charge in [-0.25, -0.2) is 15.0 Å². The molecule has 0 spiro atoms. The Morgan fingerprint density at radius 2 is 1.63 bits per heavy atom. The Hall–Kier alpha value is -3.54. The molecule has 0 saturated heterocycles. The number of nitrogens with one attached hydrogen (secondary N) is 2. The highest BCUT2D eigenvalue weighted by Gasteiger charge is 2.11. The van der Waals surface area contributed by atoms with Crippen molar-refractivity contribution in [2.24, 2.45) is 0 Å². The van der Waals surface area contributed by atoms with Crippen LogP contribution in [-0.4, -0.2) is 19.9 Å². The number of aromatic nitrogens is 4. The molecular formula is C24H25N5O. The molecule has 30 heavy (non-hydrogen) atoms. The second-order valence-corrected chi connectivity index (χ2v) is 7.60. The number of aryl methyl sites for hydroxylation is 4. The van der Waals surface area contributed by atoms with Gasteiger partial charge in [-0.3, -0.25) is 15.1 Å². The fraction of sp³-hybridized carbons (Fsp3) is 0.250. The first-order valence-electron chi connectivity index (χ1n) is 10.1. The highest BCUT2D eigenvalue weighted by Crippen LogP contribution is 2.20. The first-order valence-corrected chi connectivity index (χ1v) is 10.1. The number of H-pyrrole nitrogens is 1.